The number of halogens is 2. The van der Waals surface area contributed by atoms with Gasteiger partial charge in [-0.3, -0.25) is 0 Å². The van der Waals surface area contributed by atoms with Crippen LogP contribution in [0, 0.1) is 5.82 Å². The van der Waals surface area contributed by atoms with Gasteiger partial charge in [0.1, 0.15) is 18.2 Å². The zero-order valence-electron chi connectivity index (χ0n) is 9.64. The monoisotopic (exact) mass is 309 g/mol. The molecular weight excluding hydrogens is 297 g/mol. The fourth-order valence-corrected chi connectivity index (χ4v) is 1.97. The zero-order valence-corrected chi connectivity index (χ0v) is 11.2. The molecule has 0 heterocycles. The third-order valence-corrected chi connectivity index (χ3v) is 3.01. The number of benzene rings is 2. The van der Waals surface area contributed by atoms with Crippen molar-refractivity contribution in [1.29, 1.82) is 0 Å². The summed E-state index contributed by atoms with van der Waals surface area (Å²) < 4.78 is 19.2. The lowest BCUT2D eigenvalue weighted by Crippen LogP contribution is -2.18. The van der Waals surface area contributed by atoms with Gasteiger partial charge in [-0.1, -0.05) is 28.1 Å². The Hall–Kier alpha value is -1.39. The number of ether oxygens (including phenoxy) is 1. The second-order valence-electron chi connectivity index (χ2n) is 3.93. The Morgan fingerprint density at radius 2 is 1.89 bits per heavy atom. The molecule has 0 amide bonds. The van der Waals surface area contributed by atoms with Crippen LogP contribution >= 0.6 is 15.9 Å². The van der Waals surface area contributed by atoms with Crippen molar-refractivity contribution in [2.45, 2.75) is 6.04 Å². The summed E-state index contributed by atoms with van der Waals surface area (Å²) in [6, 6.07) is 13.5. The van der Waals surface area contributed by atoms with Gasteiger partial charge in [0.2, 0.25) is 0 Å². The highest BCUT2D eigenvalue weighted by atomic mass is 79.9. The molecule has 0 saturated heterocycles. The Morgan fingerprint density at radius 3 is 2.56 bits per heavy atom. The van der Waals surface area contributed by atoms with Crippen LogP contribution in [-0.4, -0.2) is 6.61 Å². The van der Waals surface area contributed by atoms with Crippen molar-refractivity contribution in [3.8, 4) is 5.75 Å². The van der Waals surface area contributed by atoms with Gasteiger partial charge in [-0.05, 0) is 42.0 Å². The molecule has 18 heavy (non-hydrogen) atoms. The minimum absolute atomic E-state index is 0.215. The van der Waals surface area contributed by atoms with Gasteiger partial charge in [-0.15, -0.1) is 0 Å². The van der Waals surface area contributed by atoms with Crippen molar-refractivity contribution in [3.63, 3.8) is 0 Å². The number of nitrogens with two attached hydrogens (primary N) is 1. The zero-order chi connectivity index (χ0) is 13.0. The summed E-state index contributed by atoms with van der Waals surface area (Å²) in [7, 11) is 0. The summed E-state index contributed by atoms with van der Waals surface area (Å²) in [4.78, 5) is 0. The summed E-state index contributed by atoms with van der Waals surface area (Å²) in [5, 5.41) is 0. The molecular formula is C14H13BrFNO. The van der Waals surface area contributed by atoms with Gasteiger partial charge in [0.15, 0.2) is 0 Å². The van der Waals surface area contributed by atoms with Crippen LogP contribution in [-0.2, 0) is 0 Å². The molecule has 0 aromatic heterocycles. The molecule has 0 radical (unpaired) electrons. The smallest absolute Gasteiger partial charge is 0.123 e. The molecule has 0 bridgehead atoms. The van der Waals surface area contributed by atoms with Crippen LogP contribution < -0.4 is 10.5 Å². The van der Waals surface area contributed by atoms with Crippen LogP contribution in [0.3, 0.4) is 0 Å². The Labute approximate surface area is 114 Å². The van der Waals surface area contributed by atoms with Crippen molar-refractivity contribution in [2.75, 3.05) is 6.61 Å². The third kappa shape index (κ3) is 3.55. The number of hydrogen-bond donors (Lipinski definition) is 1. The minimum Gasteiger partial charge on any atom is -0.492 e. The lowest BCUT2D eigenvalue weighted by molar-refractivity contribution is 0.290. The van der Waals surface area contributed by atoms with Gasteiger partial charge < -0.3 is 10.5 Å². The molecule has 0 aliphatic carbocycles. The maximum absolute atomic E-state index is 12.7. The Balaban J connectivity index is 1.96. The lowest BCUT2D eigenvalue weighted by atomic mass is 10.1. The molecule has 2 aromatic rings. The number of hydrogen-bond acceptors (Lipinski definition) is 2. The predicted molar refractivity (Wildman–Crippen MR) is 73.0 cm³/mol. The van der Waals surface area contributed by atoms with E-state index >= 15 is 0 Å². The molecule has 0 aliphatic heterocycles. The molecule has 2 rings (SSSR count). The summed E-state index contributed by atoms with van der Waals surface area (Å²) in [5.74, 6) is 0.334. The first kappa shape index (κ1) is 13.1. The summed E-state index contributed by atoms with van der Waals surface area (Å²) >= 11 is 3.40. The standard InChI is InChI=1S/C14H13BrFNO/c15-11-3-1-2-10(8-11)14(17)9-18-13-6-4-12(16)5-7-13/h1-8,14H,9,17H2. The highest BCUT2D eigenvalue weighted by Crippen LogP contribution is 2.18. The molecule has 94 valence electrons. The van der Waals surface area contributed by atoms with Crippen LogP contribution in [0.4, 0.5) is 4.39 Å². The van der Waals surface area contributed by atoms with Gasteiger partial charge >= 0.3 is 0 Å². The fraction of sp³-hybridized carbons (Fsp3) is 0.143. The van der Waals surface area contributed by atoms with Gasteiger partial charge in [-0.25, -0.2) is 4.39 Å². The van der Waals surface area contributed by atoms with Crippen molar-refractivity contribution in [1.82, 2.24) is 0 Å². The minimum atomic E-state index is -0.279. The van der Waals surface area contributed by atoms with E-state index in [4.69, 9.17) is 10.5 Å². The van der Waals surface area contributed by atoms with Gasteiger partial charge in [0.25, 0.3) is 0 Å². The third-order valence-electron chi connectivity index (χ3n) is 2.52. The molecule has 2 nitrogen and oxygen atoms in total. The second-order valence-corrected chi connectivity index (χ2v) is 4.84. The molecule has 1 unspecified atom stereocenters. The fourth-order valence-electron chi connectivity index (χ4n) is 1.55. The quantitative estimate of drug-likeness (QED) is 0.935. The van der Waals surface area contributed by atoms with Gasteiger partial charge in [-0.2, -0.15) is 0 Å². The SMILES string of the molecule is NC(COc1ccc(F)cc1)c1cccc(Br)c1. The van der Waals surface area contributed by atoms with E-state index in [0.717, 1.165) is 10.0 Å². The number of rotatable bonds is 4. The first-order valence-electron chi connectivity index (χ1n) is 5.54. The summed E-state index contributed by atoms with van der Waals surface area (Å²) in [5.41, 5.74) is 7.01. The van der Waals surface area contributed by atoms with E-state index in [1.807, 2.05) is 24.3 Å². The van der Waals surface area contributed by atoms with E-state index < -0.39 is 0 Å². The van der Waals surface area contributed by atoms with E-state index in [9.17, 15) is 4.39 Å². The van der Waals surface area contributed by atoms with E-state index in [-0.39, 0.29) is 11.9 Å². The highest BCUT2D eigenvalue weighted by Gasteiger charge is 2.07. The summed E-state index contributed by atoms with van der Waals surface area (Å²) in [6.07, 6.45) is 0. The average molecular weight is 310 g/mol. The van der Waals surface area contributed by atoms with Crippen LogP contribution in [0.1, 0.15) is 11.6 Å². The van der Waals surface area contributed by atoms with Crippen molar-refractivity contribution < 1.29 is 9.13 Å². The molecule has 0 fully saturated rings. The van der Waals surface area contributed by atoms with Crippen LogP contribution in [0.2, 0.25) is 0 Å². The van der Waals surface area contributed by atoms with Crippen molar-refractivity contribution >= 4 is 15.9 Å². The maximum atomic E-state index is 12.7. The average Bonchev–Trinajstić information content (AvgIpc) is 2.38. The van der Waals surface area contributed by atoms with Crippen LogP contribution in [0.5, 0.6) is 5.75 Å². The molecule has 0 spiro atoms. The molecule has 2 aromatic carbocycles. The van der Waals surface area contributed by atoms with Crippen LogP contribution in [0.15, 0.2) is 53.0 Å². The second kappa shape index (κ2) is 5.98. The predicted octanol–water partition coefficient (Wildman–Crippen LogP) is 3.67. The lowest BCUT2D eigenvalue weighted by Gasteiger charge is -2.13. The highest BCUT2D eigenvalue weighted by molar-refractivity contribution is 9.10. The first-order chi connectivity index (χ1) is 8.65. The normalized spacial score (nSPS) is 12.2. The van der Waals surface area contributed by atoms with E-state index in [2.05, 4.69) is 15.9 Å². The Bertz CT molecular complexity index is 515. The first-order valence-corrected chi connectivity index (χ1v) is 6.34. The van der Waals surface area contributed by atoms with Gasteiger partial charge in [0, 0.05) is 4.47 Å². The van der Waals surface area contributed by atoms with E-state index in [0.29, 0.717) is 12.4 Å². The molecule has 0 saturated carbocycles. The van der Waals surface area contributed by atoms with E-state index in [1.54, 1.807) is 12.1 Å². The van der Waals surface area contributed by atoms with Crippen molar-refractivity contribution in [2.24, 2.45) is 5.73 Å². The Morgan fingerprint density at radius 1 is 1.17 bits per heavy atom. The maximum Gasteiger partial charge on any atom is 0.123 e. The Kier molecular flexibility index (Phi) is 4.33. The van der Waals surface area contributed by atoms with Gasteiger partial charge in [0.05, 0.1) is 6.04 Å². The summed E-state index contributed by atoms with van der Waals surface area (Å²) in [6.45, 7) is 0.349. The van der Waals surface area contributed by atoms with Crippen LogP contribution in [0.25, 0.3) is 0 Å². The molecule has 1 atom stereocenters. The van der Waals surface area contributed by atoms with Crippen molar-refractivity contribution in [3.05, 3.63) is 64.4 Å². The van der Waals surface area contributed by atoms with E-state index in [1.165, 1.54) is 12.1 Å². The molecule has 2 N–H and O–H groups in total. The molecule has 4 heteroatoms. The molecule has 0 aliphatic rings. The largest absolute Gasteiger partial charge is 0.492 e. The topological polar surface area (TPSA) is 35.2 Å².